The van der Waals surface area contributed by atoms with Gasteiger partial charge in [-0.2, -0.15) is 0 Å². The van der Waals surface area contributed by atoms with Gasteiger partial charge >= 0.3 is 0 Å². The quantitative estimate of drug-likeness (QED) is 0.316. The number of carbonyl (C=O) groups is 1. The maximum absolute atomic E-state index is 10.2. The Labute approximate surface area is 86.9 Å². The molecule has 0 aromatic rings. The Hall–Kier alpha value is -0.0400. The van der Waals surface area contributed by atoms with Crippen molar-refractivity contribution in [3.63, 3.8) is 0 Å². The third kappa shape index (κ3) is 9.88. The van der Waals surface area contributed by atoms with E-state index < -0.39 is 0 Å². The SMILES string of the molecule is CCCCCCCCC[C@@H](Cl)C=O. The minimum absolute atomic E-state index is 0.254. The molecule has 0 fully saturated rings. The first-order valence-corrected chi connectivity index (χ1v) is 5.84. The van der Waals surface area contributed by atoms with E-state index in [1.807, 2.05) is 0 Å². The fourth-order valence-corrected chi connectivity index (χ4v) is 1.52. The largest absolute Gasteiger partial charge is 0.302 e. The summed E-state index contributed by atoms with van der Waals surface area (Å²) in [6.07, 6.45) is 10.6. The first kappa shape index (κ1) is 13.0. The second kappa shape index (κ2) is 10.0. The van der Waals surface area contributed by atoms with Gasteiger partial charge in [0.1, 0.15) is 6.29 Å². The molecule has 0 aromatic carbocycles. The number of unbranched alkanes of at least 4 members (excludes halogenated alkanes) is 6. The van der Waals surface area contributed by atoms with Crippen LogP contribution < -0.4 is 0 Å². The molecule has 0 heterocycles. The molecule has 1 atom stereocenters. The molecule has 13 heavy (non-hydrogen) atoms. The molecular weight excluding hydrogens is 184 g/mol. The molecule has 0 aliphatic rings. The van der Waals surface area contributed by atoms with E-state index in [-0.39, 0.29) is 5.38 Å². The van der Waals surface area contributed by atoms with Crippen LogP contribution in [-0.2, 0) is 4.79 Å². The van der Waals surface area contributed by atoms with Crippen molar-refractivity contribution in [3.05, 3.63) is 0 Å². The summed E-state index contributed by atoms with van der Waals surface area (Å²) in [6.45, 7) is 2.22. The predicted octanol–water partition coefficient (Wildman–Crippen LogP) is 3.93. The standard InChI is InChI=1S/C11H21ClO/c1-2-3-4-5-6-7-8-9-11(12)10-13/h10-11H,2-9H2,1H3/t11-/m1/s1. The van der Waals surface area contributed by atoms with Gasteiger partial charge in [-0.05, 0) is 6.42 Å². The van der Waals surface area contributed by atoms with Gasteiger partial charge in [-0.1, -0.05) is 51.9 Å². The number of rotatable bonds is 9. The number of hydrogen-bond acceptors (Lipinski definition) is 1. The molecule has 0 aliphatic heterocycles. The molecule has 0 bridgehead atoms. The molecule has 0 aliphatic carbocycles. The summed E-state index contributed by atoms with van der Waals surface area (Å²) in [5.74, 6) is 0. The summed E-state index contributed by atoms with van der Waals surface area (Å²) in [5, 5.41) is -0.254. The highest BCUT2D eigenvalue weighted by Gasteiger charge is 2.00. The Morgan fingerprint density at radius 2 is 1.62 bits per heavy atom. The highest BCUT2D eigenvalue weighted by Crippen LogP contribution is 2.10. The summed E-state index contributed by atoms with van der Waals surface area (Å²) in [5.41, 5.74) is 0. The topological polar surface area (TPSA) is 17.1 Å². The van der Waals surface area contributed by atoms with Gasteiger partial charge in [0.25, 0.3) is 0 Å². The molecule has 0 N–H and O–H groups in total. The van der Waals surface area contributed by atoms with E-state index in [4.69, 9.17) is 11.6 Å². The summed E-state index contributed by atoms with van der Waals surface area (Å²) < 4.78 is 0. The maximum atomic E-state index is 10.2. The first-order valence-electron chi connectivity index (χ1n) is 5.40. The summed E-state index contributed by atoms with van der Waals surface area (Å²) in [4.78, 5) is 10.2. The number of aldehydes is 1. The normalized spacial score (nSPS) is 12.8. The van der Waals surface area contributed by atoms with Crippen molar-refractivity contribution in [3.8, 4) is 0 Å². The lowest BCUT2D eigenvalue weighted by Crippen LogP contribution is -1.98. The van der Waals surface area contributed by atoms with E-state index in [2.05, 4.69) is 6.92 Å². The average Bonchev–Trinajstić information content (AvgIpc) is 2.16. The van der Waals surface area contributed by atoms with Crippen LogP contribution in [0.5, 0.6) is 0 Å². The minimum Gasteiger partial charge on any atom is -0.302 e. The molecular formula is C11H21ClO. The monoisotopic (exact) mass is 204 g/mol. The molecule has 0 spiro atoms. The molecule has 0 saturated heterocycles. The van der Waals surface area contributed by atoms with Crippen LogP contribution in [0, 0.1) is 0 Å². The van der Waals surface area contributed by atoms with Crippen molar-refractivity contribution >= 4 is 17.9 Å². The molecule has 78 valence electrons. The predicted molar refractivity (Wildman–Crippen MR) is 58.3 cm³/mol. The smallest absolute Gasteiger partial charge is 0.137 e. The van der Waals surface area contributed by atoms with Crippen molar-refractivity contribution in [2.45, 2.75) is 63.7 Å². The van der Waals surface area contributed by atoms with Crippen LogP contribution in [0.15, 0.2) is 0 Å². The molecule has 2 heteroatoms. The Balaban J connectivity index is 2.95. The van der Waals surface area contributed by atoms with Gasteiger partial charge in [-0.3, -0.25) is 0 Å². The van der Waals surface area contributed by atoms with Crippen molar-refractivity contribution in [1.82, 2.24) is 0 Å². The van der Waals surface area contributed by atoms with E-state index in [1.165, 1.54) is 38.5 Å². The van der Waals surface area contributed by atoms with Crippen molar-refractivity contribution in [2.75, 3.05) is 0 Å². The lowest BCUT2D eigenvalue weighted by Gasteiger charge is -2.01. The van der Waals surface area contributed by atoms with Crippen molar-refractivity contribution in [2.24, 2.45) is 0 Å². The van der Waals surface area contributed by atoms with Gasteiger partial charge in [0.2, 0.25) is 0 Å². The third-order valence-electron chi connectivity index (χ3n) is 2.23. The van der Waals surface area contributed by atoms with Gasteiger partial charge in [0.15, 0.2) is 0 Å². The van der Waals surface area contributed by atoms with Gasteiger partial charge in [0, 0.05) is 0 Å². The van der Waals surface area contributed by atoms with Crippen LogP contribution >= 0.6 is 11.6 Å². The molecule has 0 rings (SSSR count). The Morgan fingerprint density at radius 3 is 2.15 bits per heavy atom. The first-order chi connectivity index (χ1) is 6.31. The van der Waals surface area contributed by atoms with Crippen LogP contribution in [0.25, 0.3) is 0 Å². The highest BCUT2D eigenvalue weighted by molar-refractivity contribution is 6.27. The molecule has 0 saturated carbocycles. The summed E-state index contributed by atoms with van der Waals surface area (Å²) in [7, 11) is 0. The summed E-state index contributed by atoms with van der Waals surface area (Å²) >= 11 is 5.66. The van der Waals surface area contributed by atoms with Crippen molar-refractivity contribution in [1.29, 1.82) is 0 Å². The van der Waals surface area contributed by atoms with E-state index in [0.717, 1.165) is 19.1 Å². The molecule has 0 amide bonds. The second-order valence-electron chi connectivity index (χ2n) is 3.56. The fraction of sp³-hybridized carbons (Fsp3) is 0.909. The number of alkyl halides is 1. The zero-order valence-corrected chi connectivity index (χ0v) is 9.35. The van der Waals surface area contributed by atoms with Crippen molar-refractivity contribution < 1.29 is 4.79 Å². The van der Waals surface area contributed by atoms with Crippen LogP contribution in [0.2, 0.25) is 0 Å². The van der Waals surface area contributed by atoms with Crippen LogP contribution in [0.1, 0.15) is 58.3 Å². The summed E-state index contributed by atoms with van der Waals surface area (Å²) in [6, 6.07) is 0. The number of carbonyl (C=O) groups excluding carboxylic acids is 1. The molecule has 0 radical (unpaired) electrons. The molecule has 1 nitrogen and oxygen atoms in total. The molecule has 0 unspecified atom stereocenters. The fourth-order valence-electron chi connectivity index (χ4n) is 1.36. The van der Waals surface area contributed by atoms with E-state index in [0.29, 0.717) is 0 Å². The van der Waals surface area contributed by atoms with Gasteiger partial charge in [0.05, 0.1) is 5.38 Å². The number of hydrogen-bond donors (Lipinski definition) is 0. The van der Waals surface area contributed by atoms with Crippen LogP contribution in [0.4, 0.5) is 0 Å². The third-order valence-corrected chi connectivity index (χ3v) is 2.55. The highest BCUT2D eigenvalue weighted by atomic mass is 35.5. The Kier molecular flexibility index (Phi) is 10.0. The number of halogens is 1. The van der Waals surface area contributed by atoms with Crippen LogP contribution in [0.3, 0.4) is 0 Å². The van der Waals surface area contributed by atoms with Gasteiger partial charge < -0.3 is 4.79 Å². The van der Waals surface area contributed by atoms with Crippen LogP contribution in [-0.4, -0.2) is 11.7 Å². The maximum Gasteiger partial charge on any atom is 0.137 e. The van der Waals surface area contributed by atoms with Gasteiger partial charge in [-0.15, -0.1) is 11.6 Å². The second-order valence-corrected chi connectivity index (χ2v) is 4.12. The average molecular weight is 205 g/mol. The Bertz CT molecular complexity index is 115. The van der Waals surface area contributed by atoms with E-state index >= 15 is 0 Å². The minimum atomic E-state index is -0.254. The molecule has 0 aromatic heterocycles. The van der Waals surface area contributed by atoms with E-state index in [1.54, 1.807) is 0 Å². The van der Waals surface area contributed by atoms with Gasteiger partial charge in [-0.25, -0.2) is 0 Å². The lowest BCUT2D eigenvalue weighted by molar-refractivity contribution is -0.107. The zero-order valence-electron chi connectivity index (χ0n) is 8.60. The Morgan fingerprint density at radius 1 is 1.08 bits per heavy atom. The zero-order chi connectivity index (χ0) is 9.94. The lowest BCUT2D eigenvalue weighted by atomic mass is 10.1. The van der Waals surface area contributed by atoms with E-state index in [9.17, 15) is 4.79 Å².